The van der Waals surface area contributed by atoms with E-state index < -0.39 is 0 Å². The zero-order valence-electron chi connectivity index (χ0n) is 11.0. The van der Waals surface area contributed by atoms with Crippen molar-refractivity contribution in [3.63, 3.8) is 0 Å². The molecule has 0 bridgehead atoms. The highest BCUT2D eigenvalue weighted by Gasteiger charge is 2.34. The second-order valence-corrected chi connectivity index (χ2v) is 4.83. The van der Waals surface area contributed by atoms with Gasteiger partial charge in [-0.25, -0.2) is 0 Å². The Kier molecular flexibility index (Phi) is 4.31. The summed E-state index contributed by atoms with van der Waals surface area (Å²) in [6.07, 6.45) is -0.0584. The lowest BCUT2D eigenvalue weighted by Gasteiger charge is -2.36. The fourth-order valence-electron chi connectivity index (χ4n) is 2.35. The molecule has 0 spiro atoms. The van der Waals surface area contributed by atoms with Gasteiger partial charge < -0.3 is 4.74 Å². The first-order chi connectivity index (χ1) is 8.61. The number of carbonyl (C=O) groups excluding carboxylic acids is 2. The van der Waals surface area contributed by atoms with Crippen molar-refractivity contribution in [3.8, 4) is 0 Å². The standard InChI is InChI=1S/C12H21N3O3/c1-3-14-4-5-18-10(7-14)8-15-11(16)6-13-9(2)12(15)17/h9-10,13H,3-8H2,1-2H3. The van der Waals surface area contributed by atoms with Crippen LogP contribution >= 0.6 is 0 Å². The first-order valence-corrected chi connectivity index (χ1v) is 6.53. The summed E-state index contributed by atoms with van der Waals surface area (Å²) in [5.41, 5.74) is 0. The van der Waals surface area contributed by atoms with Gasteiger partial charge in [0.2, 0.25) is 11.8 Å². The van der Waals surface area contributed by atoms with E-state index >= 15 is 0 Å². The van der Waals surface area contributed by atoms with Crippen LogP contribution in [0.3, 0.4) is 0 Å². The van der Waals surface area contributed by atoms with E-state index in [1.54, 1.807) is 6.92 Å². The highest BCUT2D eigenvalue weighted by molar-refractivity contribution is 6.01. The van der Waals surface area contributed by atoms with Crippen molar-refractivity contribution in [2.45, 2.75) is 26.0 Å². The number of ether oxygens (including phenoxy) is 1. The number of amides is 2. The van der Waals surface area contributed by atoms with Gasteiger partial charge in [0.25, 0.3) is 0 Å². The third-order valence-corrected chi connectivity index (χ3v) is 3.55. The fraction of sp³-hybridized carbons (Fsp3) is 0.833. The van der Waals surface area contributed by atoms with Gasteiger partial charge in [-0.15, -0.1) is 0 Å². The number of likely N-dealkylation sites (N-methyl/N-ethyl adjacent to an activating group) is 1. The predicted octanol–water partition coefficient (Wildman–Crippen LogP) is -0.946. The molecule has 6 nitrogen and oxygen atoms in total. The number of nitrogens with one attached hydrogen (secondary N) is 1. The largest absolute Gasteiger partial charge is 0.374 e. The zero-order chi connectivity index (χ0) is 13.1. The molecule has 0 aromatic carbocycles. The summed E-state index contributed by atoms with van der Waals surface area (Å²) in [7, 11) is 0. The molecule has 6 heteroatoms. The van der Waals surface area contributed by atoms with E-state index in [0.717, 1.165) is 19.6 Å². The van der Waals surface area contributed by atoms with Gasteiger partial charge in [0.15, 0.2) is 0 Å². The van der Waals surface area contributed by atoms with E-state index in [1.165, 1.54) is 4.90 Å². The number of piperazine rings is 1. The first-order valence-electron chi connectivity index (χ1n) is 6.53. The summed E-state index contributed by atoms with van der Waals surface area (Å²) in [6.45, 7) is 7.84. The number of morpholine rings is 1. The first kappa shape index (κ1) is 13.5. The third kappa shape index (κ3) is 2.88. The molecule has 2 fully saturated rings. The summed E-state index contributed by atoms with van der Waals surface area (Å²) in [5.74, 6) is -0.307. The molecule has 2 saturated heterocycles. The maximum absolute atomic E-state index is 11.9. The van der Waals surface area contributed by atoms with Crippen LogP contribution in [-0.4, -0.2) is 73.1 Å². The molecule has 2 heterocycles. The van der Waals surface area contributed by atoms with Crippen molar-refractivity contribution in [2.75, 3.05) is 39.3 Å². The summed E-state index contributed by atoms with van der Waals surface area (Å²) >= 11 is 0. The molecule has 2 unspecified atom stereocenters. The van der Waals surface area contributed by atoms with Crippen molar-refractivity contribution >= 4 is 11.8 Å². The van der Waals surface area contributed by atoms with E-state index in [-0.39, 0.29) is 30.5 Å². The molecule has 2 aliphatic rings. The van der Waals surface area contributed by atoms with Gasteiger partial charge in [-0.1, -0.05) is 6.92 Å². The van der Waals surface area contributed by atoms with Crippen LogP contribution in [0, 0.1) is 0 Å². The molecule has 2 atom stereocenters. The van der Waals surface area contributed by atoms with Gasteiger partial charge >= 0.3 is 0 Å². The molecule has 0 aromatic heterocycles. The number of hydrogen-bond acceptors (Lipinski definition) is 5. The Morgan fingerprint density at radius 2 is 2.22 bits per heavy atom. The van der Waals surface area contributed by atoms with Crippen molar-refractivity contribution in [2.24, 2.45) is 0 Å². The second-order valence-electron chi connectivity index (χ2n) is 4.83. The SMILES string of the molecule is CCN1CCOC(CN2C(=O)CNC(C)C2=O)C1. The Labute approximate surface area is 107 Å². The van der Waals surface area contributed by atoms with E-state index in [9.17, 15) is 9.59 Å². The Hall–Kier alpha value is -0.980. The number of nitrogens with zero attached hydrogens (tertiary/aromatic N) is 2. The molecule has 0 aromatic rings. The molecular weight excluding hydrogens is 234 g/mol. The average molecular weight is 255 g/mol. The van der Waals surface area contributed by atoms with Gasteiger partial charge in [-0.2, -0.15) is 0 Å². The van der Waals surface area contributed by atoms with Crippen LogP contribution in [0.25, 0.3) is 0 Å². The predicted molar refractivity (Wildman–Crippen MR) is 66.0 cm³/mol. The van der Waals surface area contributed by atoms with Gasteiger partial charge in [-0.05, 0) is 13.5 Å². The van der Waals surface area contributed by atoms with Crippen molar-refractivity contribution in [3.05, 3.63) is 0 Å². The second kappa shape index (κ2) is 5.77. The monoisotopic (exact) mass is 255 g/mol. The van der Waals surface area contributed by atoms with Crippen LogP contribution in [0.2, 0.25) is 0 Å². The molecule has 1 N–H and O–H groups in total. The lowest BCUT2D eigenvalue weighted by Crippen LogP contribution is -2.60. The summed E-state index contributed by atoms with van der Waals surface area (Å²) in [5, 5.41) is 2.88. The lowest BCUT2D eigenvalue weighted by molar-refractivity contribution is -0.152. The maximum Gasteiger partial charge on any atom is 0.246 e. The number of carbonyl (C=O) groups is 2. The smallest absolute Gasteiger partial charge is 0.246 e. The molecule has 0 radical (unpaired) electrons. The Morgan fingerprint density at radius 3 is 2.94 bits per heavy atom. The van der Waals surface area contributed by atoms with E-state index in [0.29, 0.717) is 13.2 Å². The molecular formula is C12H21N3O3. The lowest BCUT2D eigenvalue weighted by atomic mass is 10.2. The van der Waals surface area contributed by atoms with Crippen molar-refractivity contribution in [1.29, 1.82) is 0 Å². The molecule has 2 amide bonds. The van der Waals surface area contributed by atoms with Crippen LogP contribution in [0.5, 0.6) is 0 Å². The van der Waals surface area contributed by atoms with Crippen LogP contribution < -0.4 is 5.32 Å². The normalized spacial score (nSPS) is 30.9. The Morgan fingerprint density at radius 1 is 1.44 bits per heavy atom. The summed E-state index contributed by atoms with van der Waals surface area (Å²) in [4.78, 5) is 27.3. The minimum Gasteiger partial charge on any atom is -0.374 e. The topological polar surface area (TPSA) is 61.9 Å². The van der Waals surface area contributed by atoms with Crippen LogP contribution in [0.4, 0.5) is 0 Å². The molecule has 0 aliphatic carbocycles. The minimum absolute atomic E-state index is 0.0584. The summed E-state index contributed by atoms with van der Waals surface area (Å²) in [6, 6.07) is -0.284. The summed E-state index contributed by atoms with van der Waals surface area (Å²) < 4.78 is 5.64. The zero-order valence-corrected chi connectivity index (χ0v) is 11.0. The molecule has 2 rings (SSSR count). The van der Waals surface area contributed by atoms with E-state index in [1.807, 2.05) is 0 Å². The highest BCUT2D eigenvalue weighted by Crippen LogP contribution is 2.10. The van der Waals surface area contributed by atoms with Crippen LogP contribution in [0.1, 0.15) is 13.8 Å². The van der Waals surface area contributed by atoms with Crippen LogP contribution in [-0.2, 0) is 14.3 Å². The quantitative estimate of drug-likeness (QED) is 0.659. The minimum atomic E-state index is -0.284. The Balaban J connectivity index is 1.94. The molecule has 2 aliphatic heterocycles. The third-order valence-electron chi connectivity index (χ3n) is 3.55. The molecule has 18 heavy (non-hydrogen) atoms. The van der Waals surface area contributed by atoms with Gasteiger partial charge in [0.1, 0.15) is 0 Å². The molecule has 0 saturated carbocycles. The van der Waals surface area contributed by atoms with Gasteiger partial charge in [0.05, 0.1) is 31.8 Å². The number of hydrogen-bond donors (Lipinski definition) is 1. The average Bonchev–Trinajstić information content (AvgIpc) is 2.39. The number of rotatable bonds is 3. The van der Waals surface area contributed by atoms with E-state index in [4.69, 9.17) is 4.74 Å². The van der Waals surface area contributed by atoms with E-state index in [2.05, 4.69) is 17.1 Å². The number of imide groups is 1. The van der Waals surface area contributed by atoms with Gasteiger partial charge in [-0.3, -0.25) is 24.7 Å². The fourth-order valence-corrected chi connectivity index (χ4v) is 2.35. The molecule has 102 valence electrons. The van der Waals surface area contributed by atoms with Gasteiger partial charge in [0, 0.05) is 13.1 Å². The highest BCUT2D eigenvalue weighted by atomic mass is 16.5. The van der Waals surface area contributed by atoms with Crippen LogP contribution in [0.15, 0.2) is 0 Å². The van der Waals surface area contributed by atoms with Crippen molar-refractivity contribution < 1.29 is 14.3 Å². The Bertz CT molecular complexity index is 335. The maximum atomic E-state index is 11.9. The van der Waals surface area contributed by atoms with Crippen molar-refractivity contribution in [1.82, 2.24) is 15.1 Å².